The number of carbonyl (C=O) groups excluding carboxylic acids is 1. The lowest BCUT2D eigenvalue weighted by atomic mass is 10.2. The number of likely N-dealkylation sites (tertiary alicyclic amines) is 1. The predicted molar refractivity (Wildman–Crippen MR) is 87.6 cm³/mol. The Morgan fingerprint density at radius 2 is 2.09 bits per heavy atom. The normalized spacial score (nSPS) is 20.5. The van der Waals surface area contributed by atoms with Gasteiger partial charge in [-0.15, -0.1) is 0 Å². The first-order chi connectivity index (χ1) is 11.1. The number of fused-ring (bicyclic) bond motifs is 1. The van der Waals surface area contributed by atoms with E-state index >= 15 is 0 Å². The van der Waals surface area contributed by atoms with Crippen LogP contribution in [0, 0.1) is 0 Å². The average molecular weight is 317 g/mol. The fourth-order valence-corrected chi connectivity index (χ4v) is 3.50. The Balaban J connectivity index is 1.43. The van der Waals surface area contributed by atoms with Crippen LogP contribution in [0.15, 0.2) is 24.3 Å². The van der Waals surface area contributed by atoms with Crippen molar-refractivity contribution in [2.24, 2.45) is 0 Å². The Kier molecular flexibility index (Phi) is 4.81. The van der Waals surface area contributed by atoms with Gasteiger partial charge in [-0.25, -0.2) is 0 Å². The largest absolute Gasteiger partial charge is 0.480 e. The second kappa shape index (κ2) is 7.00. The van der Waals surface area contributed by atoms with Gasteiger partial charge in [0.1, 0.15) is 6.04 Å². The molecule has 2 N–H and O–H groups in total. The van der Waals surface area contributed by atoms with Crippen LogP contribution in [0.4, 0.5) is 5.69 Å². The van der Waals surface area contributed by atoms with Crippen molar-refractivity contribution in [1.82, 2.24) is 10.2 Å². The number of aliphatic carboxylic acids is 1. The molecule has 0 aliphatic carbocycles. The highest BCUT2D eigenvalue weighted by Gasteiger charge is 2.31. The van der Waals surface area contributed by atoms with E-state index in [2.05, 4.69) is 28.4 Å². The minimum absolute atomic E-state index is 0.0920. The number of carboxylic acid groups (broad SMARTS) is 1. The molecule has 1 aromatic carbocycles. The van der Waals surface area contributed by atoms with Crippen LogP contribution in [0.1, 0.15) is 18.4 Å². The molecule has 124 valence electrons. The summed E-state index contributed by atoms with van der Waals surface area (Å²) in [5.74, 6) is -0.922. The van der Waals surface area contributed by atoms with Crippen molar-refractivity contribution >= 4 is 17.6 Å². The molecule has 6 heteroatoms. The number of amides is 1. The van der Waals surface area contributed by atoms with Gasteiger partial charge in [0.05, 0.1) is 6.54 Å². The molecule has 1 fully saturated rings. The number of rotatable bonds is 6. The zero-order valence-corrected chi connectivity index (χ0v) is 13.2. The lowest BCUT2D eigenvalue weighted by Gasteiger charge is -2.22. The maximum atomic E-state index is 12.0. The van der Waals surface area contributed by atoms with Crippen molar-refractivity contribution in [3.8, 4) is 0 Å². The Morgan fingerprint density at radius 3 is 2.91 bits per heavy atom. The molecule has 0 radical (unpaired) electrons. The molecule has 1 amide bonds. The molecule has 1 saturated heterocycles. The molecule has 0 aromatic heterocycles. The molecular weight excluding hydrogens is 294 g/mol. The van der Waals surface area contributed by atoms with E-state index in [9.17, 15) is 9.59 Å². The quantitative estimate of drug-likeness (QED) is 0.809. The first kappa shape index (κ1) is 15.8. The summed E-state index contributed by atoms with van der Waals surface area (Å²) in [6.07, 6.45) is 2.53. The second-order valence-corrected chi connectivity index (χ2v) is 6.18. The summed E-state index contributed by atoms with van der Waals surface area (Å²) >= 11 is 0. The molecule has 0 bridgehead atoms. The maximum Gasteiger partial charge on any atom is 0.320 e. The SMILES string of the molecule is O=C(CN1CCCC1C(=O)O)NCCN1CCc2ccccc21. The van der Waals surface area contributed by atoms with Crippen LogP contribution in [0.25, 0.3) is 0 Å². The summed E-state index contributed by atoms with van der Waals surface area (Å²) in [5.41, 5.74) is 2.62. The highest BCUT2D eigenvalue weighted by atomic mass is 16.4. The Morgan fingerprint density at radius 1 is 1.26 bits per heavy atom. The first-order valence-corrected chi connectivity index (χ1v) is 8.21. The summed E-state index contributed by atoms with van der Waals surface area (Å²) in [5, 5.41) is 12.0. The Hall–Kier alpha value is -2.08. The molecule has 0 spiro atoms. The summed E-state index contributed by atoms with van der Waals surface area (Å²) in [4.78, 5) is 27.2. The van der Waals surface area contributed by atoms with Crippen molar-refractivity contribution in [2.45, 2.75) is 25.3 Å². The highest BCUT2D eigenvalue weighted by Crippen LogP contribution is 2.26. The molecule has 3 rings (SSSR count). The van der Waals surface area contributed by atoms with Crippen molar-refractivity contribution in [3.05, 3.63) is 29.8 Å². The van der Waals surface area contributed by atoms with Crippen LogP contribution in [0.2, 0.25) is 0 Å². The highest BCUT2D eigenvalue weighted by molar-refractivity contribution is 5.80. The molecule has 2 heterocycles. The van der Waals surface area contributed by atoms with Crippen LogP contribution >= 0.6 is 0 Å². The van der Waals surface area contributed by atoms with E-state index in [1.807, 2.05) is 6.07 Å². The third-order valence-corrected chi connectivity index (χ3v) is 4.68. The van der Waals surface area contributed by atoms with Gasteiger partial charge in [-0.2, -0.15) is 0 Å². The average Bonchev–Trinajstić information content (AvgIpc) is 3.14. The zero-order valence-electron chi connectivity index (χ0n) is 13.2. The van der Waals surface area contributed by atoms with Gasteiger partial charge in [0.2, 0.25) is 5.91 Å². The number of nitrogens with zero attached hydrogens (tertiary/aromatic N) is 2. The number of carbonyl (C=O) groups is 2. The van der Waals surface area contributed by atoms with Gasteiger partial charge >= 0.3 is 5.97 Å². The number of hydrogen-bond acceptors (Lipinski definition) is 4. The van der Waals surface area contributed by atoms with Crippen LogP contribution in [0.3, 0.4) is 0 Å². The molecular formula is C17H23N3O3. The topological polar surface area (TPSA) is 72.9 Å². The molecule has 1 unspecified atom stereocenters. The number of hydrogen-bond donors (Lipinski definition) is 2. The monoisotopic (exact) mass is 317 g/mol. The van der Waals surface area contributed by atoms with Gasteiger partial charge in [0.15, 0.2) is 0 Å². The fourth-order valence-electron chi connectivity index (χ4n) is 3.50. The number of benzene rings is 1. The molecule has 2 aliphatic heterocycles. The summed E-state index contributed by atoms with van der Waals surface area (Å²) < 4.78 is 0. The molecule has 0 saturated carbocycles. The lowest BCUT2D eigenvalue weighted by molar-refractivity contribution is -0.142. The van der Waals surface area contributed by atoms with Crippen LogP contribution in [-0.2, 0) is 16.0 Å². The number of carboxylic acids is 1. The predicted octanol–water partition coefficient (Wildman–Crippen LogP) is 0.714. The fraction of sp³-hybridized carbons (Fsp3) is 0.529. The van der Waals surface area contributed by atoms with Gasteiger partial charge in [-0.3, -0.25) is 14.5 Å². The van der Waals surface area contributed by atoms with E-state index in [0.717, 1.165) is 25.9 Å². The van der Waals surface area contributed by atoms with Crippen molar-refractivity contribution in [3.63, 3.8) is 0 Å². The van der Waals surface area contributed by atoms with E-state index in [1.54, 1.807) is 4.90 Å². The van der Waals surface area contributed by atoms with Crippen LogP contribution in [0.5, 0.6) is 0 Å². The van der Waals surface area contributed by atoms with Crippen LogP contribution < -0.4 is 10.2 Å². The number of para-hydroxylation sites is 1. The van der Waals surface area contributed by atoms with E-state index in [-0.39, 0.29) is 12.5 Å². The maximum absolute atomic E-state index is 12.0. The van der Waals surface area contributed by atoms with E-state index in [4.69, 9.17) is 5.11 Å². The molecule has 1 atom stereocenters. The Bertz CT molecular complexity index is 590. The minimum atomic E-state index is -0.830. The van der Waals surface area contributed by atoms with E-state index in [0.29, 0.717) is 19.5 Å². The van der Waals surface area contributed by atoms with Gasteiger partial charge in [0, 0.05) is 25.3 Å². The minimum Gasteiger partial charge on any atom is -0.480 e. The molecule has 23 heavy (non-hydrogen) atoms. The third kappa shape index (κ3) is 3.64. The Labute approximate surface area is 136 Å². The summed E-state index contributed by atoms with van der Waals surface area (Å²) in [6, 6.07) is 7.85. The first-order valence-electron chi connectivity index (χ1n) is 8.21. The lowest BCUT2D eigenvalue weighted by Crippen LogP contribution is -2.44. The van der Waals surface area contributed by atoms with E-state index in [1.165, 1.54) is 11.3 Å². The van der Waals surface area contributed by atoms with Gasteiger partial charge in [0.25, 0.3) is 0 Å². The van der Waals surface area contributed by atoms with Crippen molar-refractivity contribution in [1.29, 1.82) is 0 Å². The van der Waals surface area contributed by atoms with E-state index < -0.39 is 12.0 Å². The zero-order chi connectivity index (χ0) is 16.2. The van der Waals surface area contributed by atoms with Gasteiger partial charge in [-0.05, 0) is 37.4 Å². The van der Waals surface area contributed by atoms with Crippen molar-refractivity contribution < 1.29 is 14.7 Å². The standard InChI is InChI=1S/C17H23N3O3/c21-16(12-20-9-3-6-15(20)17(22)23)18-8-11-19-10-7-13-4-1-2-5-14(13)19/h1-2,4-5,15H,3,6-12H2,(H,18,21)(H,22,23). The number of nitrogens with one attached hydrogen (secondary N) is 1. The molecule has 1 aromatic rings. The third-order valence-electron chi connectivity index (χ3n) is 4.68. The second-order valence-electron chi connectivity index (χ2n) is 6.18. The smallest absolute Gasteiger partial charge is 0.320 e. The summed E-state index contributed by atoms with van der Waals surface area (Å²) in [6.45, 7) is 3.21. The van der Waals surface area contributed by atoms with Crippen molar-refractivity contribution in [2.75, 3.05) is 37.6 Å². The molecule has 2 aliphatic rings. The molecule has 6 nitrogen and oxygen atoms in total. The summed E-state index contributed by atoms with van der Waals surface area (Å²) in [7, 11) is 0. The van der Waals surface area contributed by atoms with Gasteiger partial charge in [-0.1, -0.05) is 18.2 Å². The number of anilines is 1. The van der Waals surface area contributed by atoms with Crippen LogP contribution in [-0.4, -0.2) is 60.6 Å². The van der Waals surface area contributed by atoms with Gasteiger partial charge < -0.3 is 15.3 Å².